The number of benzene rings is 2. The summed E-state index contributed by atoms with van der Waals surface area (Å²) < 4.78 is 18.5. The topological polar surface area (TPSA) is 279 Å². The number of anilines is 4. The lowest BCUT2D eigenvalue weighted by Crippen LogP contribution is -2.54. The molecule has 330 valence electrons. The third-order valence-electron chi connectivity index (χ3n) is 10.2. The molecule has 1 saturated heterocycles. The maximum Gasteiger partial charge on any atom is 0.273 e. The van der Waals surface area contributed by atoms with Gasteiger partial charge in [-0.1, -0.05) is 12.1 Å². The van der Waals surface area contributed by atoms with Crippen molar-refractivity contribution in [3.8, 4) is 17.1 Å². The highest BCUT2D eigenvalue weighted by Gasteiger charge is 2.45. The second kappa shape index (κ2) is 20.0. The number of amides is 7. The molecule has 2 aromatic carbocycles. The van der Waals surface area contributed by atoms with Crippen molar-refractivity contribution >= 4 is 64.2 Å². The monoisotopic (exact) mass is 866 g/mol. The number of hydrogen-bond acceptors (Lipinski definition) is 16. The zero-order valence-electron chi connectivity index (χ0n) is 34.5. The standard InChI is InChI=1S/C41H46N12O10/c1-42-39(58)34-28(21-30(49-50-34)47-37(56)23-9-10-23)46-27-8-4-6-25(35(27)61-2)36-45-22-52(51-36)16-14-44-31(54)13-17-62-19-20-63-18-15-43-26-7-3-5-24-33(26)41(60)53(40(24)59)29-11-12-32(55)48-38(29)57/h3-8,21-23,29,43H,9-20H2,1-2H3,(H,42,58)(H,44,54)(H,48,55,57)(H2,46,47,49,56). The minimum absolute atomic E-state index is 0.0126. The Morgan fingerprint density at radius 3 is 2.38 bits per heavy atom. The molecular weight excluding hydrogens is 821 g/mol. The number of nitrogens with zero attached hydrogens (tertiary/aromatic N) is 6. The lowest BCUT2D eigenvalue weighted by Gasteiger charge is -2.27. The van der Waals surface area contributed by atoms with E-state index in [-0.39, 0.29) is 92.6 Å². The number of carbonyl (C=O) groups excluding carboxylic acids is 7. The Bertz CT molecular complexity index is 2420. The third kappa shape index (κ3) is 10.4. The molecule has 3 aliphatic rings. The Kier molecular flexibility index (Phi) is 13.9. The number of hydrogen-bond donors (Lipinski definition) is 6. The number of ether oxygens (including phenoxy) is 3. The first kappa shape index (κ1) is 43.7. The molecule has 0 spiro atoms. The van der Waals surface area contributed by atoms with E-state index >= 15 is 0 Å². The van der Waals surface area contributed by atoms with Crippen molar-refractivity contribution in [1.82, 2.24) is 45.8 Å². The van der Waals surface area contributed by atoms with Crippen LogP contribution in [-0.4, -0.2) is 131 Å². The van der Waals surface area contributed by atoms with Crippen LogP contribution in [0.1, 0.15) is 63.3 Å². The summed E-state index contributed by atoms with van der Waals surface area (Å²) in [4.78, 5) is 93.0. The molecule has 4 heterocycles. The highest BCUT2D eigenvalue weighted by molar-refractivity contribution is 6.25. The molecule has 1 aliphatic carbocycles. The zero-order valence-corrected chi connectivity index (χ0v) is 34.5. The average Bonchev–Trinajstić information content (AvgIpc) is 3.98. The quantitative estimate of drug-likeness (QED) is 0.0508. The SMILES string of the molecule is CNC(=O)c1nnc(NC(=O)C2CC2)cc1Nc1cccc(-c2ncn(CCNC(=O)CCOCCOCCNc3cccc4c3C(=O)N(C3CCC(=O)NC3=O)C4=O)n2)c1OC. The van der Waals surface area contributed by atoms with Crippen molar-refractivity contribution in [3.05, 3.63) is 65.6 Å². The molecule has 7 amide bonds. The number of fused-ring (bicyclic) bond motifs is 1. The van der Waals surface area contributed by atoms with Crippen LogP contribution in [0.2, 0.25) is 0 Å². The Labute approximate surface area is 360 Å². The van der Waals surface area contributed by atoms with Crippen LogP contribution < -0.4 is 36.6 Å². The number of methoxy groups -OCH3 is 1. The minimum Gasteiger partial charge on any atom is -0.494 e. The molecule has 22 nitrogen and oxygen atoms in total. The van der Waals surface area contributed by atoms with Crippen molar-refractivity contribution in [1.29, 1.82) is 0 Å². The number of nitrogens with one attached hydrogen (secondary N) is 6. The molecule has 1 saturated carbocycles. The average molecular weight is 867 g/mol. The summed E-state index contributed by atoms with van der Waals surface area (Å²) in [5, 5.41) is 29.2. The highest BCUT2D eigenvalue weighted by Crippen LogP contribution is 2.38. The molecule has 0 bridgehead atoms. The van der Waals surface area contributed by atoms with Crippen LogP contribution in [0.4, 0.5) is 22.9 Å². The van der Waals surface area contributed by atoms with Crippen LogP contribution >= 0.6 is 0 Å². The maximum absolute atomic E-state index is 13.2. The molecule has 4 aromatic rings. The van der Waals surface area contributed by atoms with Gasteiger partial charge in [-0.3, -0.25) is 48.5 Å². The molecule has 63 heavy (non-hydrogen) atoms. The molecule has 22 heteroatoms. The third-order valence-corrected chi connectivity index (χ3v) is 10.2. The number of aromatic nitrogens is 5. The van der Waals surface area contributed by atoms with E-state index in [2.05, 4.69) is 52.2 Å². The fourth-order valence-electron chi connectivity index (χ4n) is 6.92. The van der Waals surface area contributed by atoms with Crippen molar-refractivity contribution in [2.24, 2.45) is 5.92 Å². The van der Waals surface area contributed by atoms with Gasteiger partial charge in [0.05, 0.1) is 68.1 Å². The van der Waals surface area contributed by atoms with Gasteiger partial charge < -0.3 is 40.8 Å². The molecule has 1 atom stereocenters. The summed E-state index contributed by atoms with van der Waals surface area (Å²) in [6, 6.07) is 10.6. The van der Waals surface area contributed by atoms with Gasteiger partial charge in [0.2, 0.25) is 23.6 Å². The van der Waals surface area contributed by atoms with Crippen molar-refractivity contribution in [3.63, 3.8) is 0 Å². The van der Waals surface area contributed by atoms with Gasteiger partial charge in [0.1, 0.15) is 12.4 Å². The number of piperidine rings is 1. The predicted octanol–water partition coefficient (Wildman–Crippen LogP) is 1.25. The first-order valence-corrected chi connectivity index (χ1v) is 20.3. The number of rotatable bonds is 21. The van der Waals surface area contributed by atoms with Gasteiger partial charge in [0.15, 0.2) is 23.1 Å². The second-order valence-electron chi connectivity index (χ2n) is 14.6. The Balaban J connectivity index is 0.808. The summed E-state index contributed by atoms with van der Waals surface area (Å²) in [5.74, 6) is -2.23. The highest BCUT2D eigenvalue weighted by atomic mass is 16.5. The molecule has 2 aliphatic heterocycles. The van der Waals surface area contributed by atoms with Gasteiger partial charge in [-0.05, 0) is 43.5 Å². The second-order valence-corrected chi connectivity index (χ2v) is 14.6. The van der Waals surface area contributed by atoms with Crippen LogP contribution in [0, 0.1) is 5.92 Å². The number of para-hydroxylation sites is 1. The fourth-order valence-corrected chi connectivity index (χ4v) is 6.92. The van der Waals surface area contributed by atoms with Crippen LogP contribution in [-0.2, 0) is 35.2 Å². The Hall–Kier alpha value is -7.33. The smallest absolute Gasteiger partial charge is 0.273 e. The van der Waals surface area contributed by atoms with E-state index < -0.39 is 35.6 Å². The van der Waals surface area contributed by atoms with Gasteiger partial charge in [-0.25, -0.2) is 4.98 Å². The molecular formula is C41H46N12O10. The fraction of sp³-hybridized carbons (Fsp3) is 0.390. The van der Waals surface area contributed by atoms with Gasteiger partial charge >= 0.3 is 0 Å². The normalized spacial score (nSPS) is 15.7. The van der Waals surface area contributed by atoms with Crippen LogP contribution in [0.3, 0.4) is 0 Å². The largest absolute Gasteiger partial charge is 0.494 e. The first-order valence-electron chi connectivity index (χ1n) is 20.3. The van der Waals surface area contributed by atoms with Crippen LogP contribution in [0.5, 0.6) is 5.75 Å². The molecule has 6 N–H and O–H groups in total. The molecule has 7 rings (SSSR count). The maximum atomic E-state index is 13.2. The molecule has 2 fully saturated rings. The van der Waals surface area contributed by atoms with E-state index in [9.17, 15) is 33.6 Å². The van der Waals surface area contributed by atoms with E-state index in [4.69, 9.17) is 14.2 Å². The lowest BCUT2D eigenvalue weighted by molar-refractivity contribution is -0.136. The summed E-state index contributed by atoms with van der Waals surface area (Å²) in [5.41, 5.74) is 2.13. The van der Waals surface area contributed by atoms with E-state index in [1.807, 2.05) is 0 Å². The summed E-state index contributed by atoms with van der Waals surface area (Å²) in [6.07, 6.45) is 3.41. The van der Waals surface area contributed by atoms with Crippen molar-refractivity contribution in [2.45, 2.75) is 44.7 Å². The predicted molar refractivity (Wildman–Crippen MR) is 223 cm³/mol. The van der Waals surface area contributed by atoms with Gasteiger partial charge in [-0.2, -0.15) is 5.10 Å². The lowest BCUT2D eigenvalue weighted by atomic mass is 10.0. The molecule has 0 radical (unpaired) electrons. The Morgan fingerprint density at radius 2 is 1.63 bits per heavy atom. The molecule has 1 unspecified atom stereocenters. The summed E-state index contributed by atoms with van der Waals surface area (Å²) in [6.45, 7) is 1.89. The first-order chi connectivity index (χ1) is 30.6. The minimum atomic E-state index is -1.05. The zero-order chi connectivity index (χ0) is 44.5. The van der Waals surface area contributed by atoms with Gasteiger partial charge in [0.25, 0.3) is 17.7 Å². The summed E-state index contributed by atoms with van der Waals surface area (Å²) in [7, 11) is 2.97. The van der Waals surface area contributed by atoms with E-state index in [1.54, 1.807) is 35.0 Å². The van der Waals surface area contributed by atoms with Crippen molar-refractivity contribution in [2.75, 3.05) is 69.6 Å². The van der Waals surface area contributed by atoms with E-state index in [1.165, 1.54) is 32.6 Å². The Morgan fingerprint density at radius 1 is 0.873 bits per heavy atom. The number of imide groups is 2. The van der Waals surface area contributed by atoms with E-state index in [0.29, 0.717) is 47.3 Å². The number of carbonyl (C=O) groups is 7. The van der Waals surface area contributed by atoms with Crippen LogP contribution in [0.25, 0.3) is 11.4 Å². The van der Waals surface area contributed by atoms with E-state index in [0.717, 1.165) is 17.7 Å². The molecule has 2 aromatic heterocycles. The van der Waals surface area contributed by atoms with Crippen molar-refractivity contribution < 1.29 is 47.8 Å². The summed E-state index contributed by atoms with van der Waals surface area (Å²) >= 11 is 0. The van der Waals surface area contributed by atoms with Gasteiger partial charge in [-0.15, -0.1) is 10.2 Å². The van der Waals surface area contributed by atoms with Gasteiger partial charge in [0, 0.05) is 50.7 Å². The van der Waals surface area contributed by atoms with Crippen LogP contribution in [0.15, 0.2) is 48.8 Å².